The highest BCUT2D eigenvalue weighted by Crippen LogP contribution is 2.25. The van der Waals surface area contributed by atoms with E-state index in [-0.39, 0.29) is 17.9 Å². The second kappa shape index (κ2) is 6.64. The molecule has 0 bridgehead atoms. The summed E-state index contributed by atoms with van der Waals surface area (Å²) in [6.45, 7) is 0.582. The molecule has 23 heavy (non-hydrogen) atoms. The molecule has 6 heteroatoms. The van der Waals surface area contributed by atoms with Crippen LogP contribution in [0.4, 0.5) is 0 Å². The lowest BCUT2D eigenvalue weighted by atomic mass is 10.1. The molecular weight excluding hydrogens is 294 g/mol. The molecule has 0 saturated carbocycles. The predicted octanol–water partition coefficient (Wildman–Crippen LogP) is 1.64. The summed E-state index contributed by atoms with van der Waals surface area (Å²) in [6.07, 6.45) is 1.80. The molecule has 1 aromatic heterocycles. The third-order valence-electron chi connectivity index (χ3n) is 4.00. The zero-order chi connectivity index (χ0) is 16.2. The molecule has 1 aliphatic heterocycles. The highest BCUT2D eigenvalue weighted by molar-refractivity contribution is 5.97. The van der Waals surface area contributed by atoms with Crippen LogP contribution in [-0.2, 0) is 4.79 Å². The van der Waals surface area contributed by atoms with Gasteiger partial charge < -0.3 is 15.4 Å². The Hall–Kier alpha value is -2.63. The van der Waals surface area contributed by atoms with Gasteiger partial charge in [0.15, 0.2) is 0 Å². The van der Waals surface area contributed by atoms with Gasteiger partial charge in [-0.1, -0.05) is 12.1 Å². The smallest absolute Gasteiger partial charge is 0.270 e. The van der Waals surface area contributed by atoms with Gasteiger partial charge in [-0.3, -0.25) is 9.59 Å². The van der Waals surface area contributed by atoms with Crippen LogP contribution in [-0.4, -0.2) is 36.5 Å². The van der Waals surface area contributed by atoms with Gasteiger partial charge in [-0.2, -0.15) is 0 Å². The van der Waals surface area contributed by atoms with Gasteiger partial charge in [-0.25, -0.2) is 4.98 Å². The molecule has 0 spiro atoms. The summed E-state index contributed by atoms with van der Waals surface area (Å²) >= 11 is 0. The van der Waals surface area contributed by atoms with Crippen molar-refractivity contribution in [3.8, 4) is 5.75 Å². The van der Waals surface area contributed by atoms with Gasteiger partial charge in [0.1, 0.15) is 11.4 Å². The number of methoxy groups -OCH3 is 1. The predicted molar refractivity (Wildman–Crippen MR) is 86.4 cm³/mol. The first-order chi connectivity index (χ1) is 11.2. The van der Waals surface area contributed by atoms with Crippen molar-refractivity contribution in [1.29, 1.82) is 0 Å². The maximum atomic E-state index is 12.5. The Labute approximate surface area is 134 Å². The van der Waals surface area contributed by atoms with E-state index in [1.165, 1.54) is 0 Å². The highest BCUT2D eigenvalue weighted by atomic mass is 16.5. The Morgan fingerprint density at radius 3 is 3.00 bits per heavy atom. The van der Waals surface area contributed by atoms with E-state index in [1.807, 2.05) is 24.3 Å². The molecule has 1 fully saturated rings. The minimum absolute atomic E-state index is 0.0271. The summed E-state index contributed by atoms with van der Waals surface area (Å²) in [4.78, 5) is 28.3. The second-order valence-corrected chi connectivity index (χ2v) is 5.57. The number of fused-ring (bicyclic) bond motifs is 1. The maximum absolute atomic E-state index is 12.5. The van der Waals surface area contributed by atoms with Crippen LogP contribution in [0.25, 0.3) is 10.9 Å². The van der Waals surface area contributed by atoms with Crippen molar-refractivity contribution in [3.05, 3.63) is 36.0 Å². The van der Waals surface area contributed by atoms with Crippen molar-refractivity contribution >= 4 is 22.7 Å². The van der Waals surface area contributed by atoms with Crippen LogP contribution in [0.2, 0.25) is 0 Å². The van der Waals surface area contributed by atoms with Crippen LogP contribution in [0.5, 0.6) is 5.75 Å². The van der Waals surface area contributed by atoms with E-state index >= 15 is 0 Å². The molecule has 1 atom stereocenters. The molecule has 120 valence electrons. The lowest BCUT2D eigenvalue weighted by Crippen LogP contribution is -2.35. The Kier molecular flexibility index (Phi) is 4.41. The third-order valence-corrected chi connectivity index (χ3v) is 4.00. The lowest BCUT2D eigenvalue weighted by molar-refractivity contribution is -0.120. The fourth-order valence-electron chi connectivity index (χ4n) is 2.76. The number of hydrogen-bond donors (Lipinski definition) is 2. The summed E-state index contributed by atoms with van der Waals surface area (Å²) in [5.41, 5.74) is 1.04. The average molecular weight is 313 g/mol. The van der Waals surface area contributed by atoms with Crippen LogP contribution in [0.3, 0.4) is 0 Å². The summed E-state index contributed by atoms with van der Waals surface area (Å²) in [7, 11) is 1.58. The summed E-state index contributed by atoms with van der Waals surface area (Å²) in [5.74, 6) is 0.416. The molecule has 3 rings (SSSR count). The highest BCUT2D eigenvalue weighted by Gasteiger charge is 2.20. The monoisotopic (exact) mass is 313 g/mol. The standard InChI is InChI=1S/C17H19N3O3/c1-23-15-10-14(20-13-5-3-2-4-12(13)15)17(22)19-11-6-7-16(21)18-9-8-11/h2-5,10-11H,6-9H2,1H3,(H,18,21)(H,19,22). The molecule has 2 heterocycles. The van der Waals surface area contributed by atoms with Crippen molar-refractivity contribution in [2.45, 2.75) is 25.3 Å². The Bertz CT molecular complexity index is 745. The fraction of sp³-hybridized carbons (Fsp3) is 0.353. The summed E-state index contributed by atoms with van der Waals surface area (Å²) in [6, 6.07) is 9.16. The third kappa shape index (κ3) is 3.41. The van der Waals surface area contributed by atoms with E-state index in [0.717, 1.165) is 17.3 Å². The Morgan fingerprint density at radius 2 is 2.17 bits per heavy atom. The summed E-state index contributed by atoms with van der Waals surface area (Å²) in [5, 5.41) is 6.64. The Balaban J connectivity index is 1.81. The quantitative estimate of drug-likeness (QED) is 0.903. The van der Waals surface area contributed by atoms with Gasteiger partial charge in [0.05, 0.1) is 12.6 Å². The number of carbonyl (C=O) groups is 2. The van der Waals surface area contributed by atoms with Gasteiger partial charge in [0, 0.05) is 30.5 Å². The van der Waals surface area contributed by atoms with E-state index in [9.17, 15) is 9.59 Å². The minimum Gasteiger partial charge on any atom is -0.496 e. The molecule has 1 unspecified atom stereocenters. The van der Waals surface area contributed by atoms with E-state index in [4.69, 9.17) is 4.74 Å². The van der Waals surface area contributed by atoms with E-state index in [0.29, 0.717) is 30.8 Å². The van der Waals surface area contributed by atoms with Crippen LogP contribution in [0.1, 0.15) is 29.8 Å². The first kappa shape index (κ1) is 15.3. The van der Waals surface area contributed by atoms with E-state index < -0.39 is 0 Å². The van der Waals surface area contributed by atoms with Gasteiger partial charge >= 0.3 is 0 Å². The largest absolute Gasteiger partial charge is 0.496 e. The lowest BCUT2D eigenvalue weighted by Gasteiger charge is -2.16. The van der Waals surface area contributed by atoms with Crippen LogP contribution in [0, 0.1) is 0 Å². The number of carbonyl (C=O) groups excluding carboxylic acids is 2. The van der Waals surface area contributed by atoms with Crippen molar-refractivity contribution < 1.29 is 14.3 Å². The van der Waals surface area contributed by atoms with Crippen LogP contribution in [0.15, 0.2) is 30.3 Å². The minimum atomic E-state index is -0.242. The normalized spacial score (nSPS) is 18.1. The average Bonchev–Trinajstić information content (AvgIpc) is 2.78. The number of hydrogen-bond acceptors (Lipinski definition) is 4. The number of nitrogens with zero attached hydrogens (tertiary/aromatic N) is 1. The fourth-order valence-corrected chi connectivity index (χ4v) is 2.76. The number of amides is 2. The second-order valence-electron chi connectivity index (χ2n) is 5.57. The molecule has 2 amide bonds. The zero-order valence-corrected chi connectivity index (χ0v) is 13.0. The van der Waals surface area contributed by atoms with E-state index in [2.05, 4.69) is 15.6 Å². The molecule has 1 aromatic carbocycles. The SMILES string of the molecule is COc1cc(C(=O)NC2CCNC(=O)CC2)nc2ccccc12. The van der Waals surface area contributed by atoms with Crippen LogP contribution < -0.4 is 15.4 Å². The number of nitrogens with one attached hydrogen (secondary N) is 2. The van der Waals surface area contributed by atoms with Gasteiger partial charge in [0.2, 0.25) is 5.91 Å². The molecule has 1 aliphatic rings. The number of benzene rings is 1. The van der Waals surface area contributed by atoms with Crippen molar-refractivity contribution in [2.75, 3.05) is 13.7 Å². The number of para-hydroxylation sites is 1. The van der Waals surface area contributed by atoms with Gasteiger partial charge in [-0.15, -0.1) is 0 Å². The molecule has 0 radical (unpaired) electrons. The molecule has 1 saturated heterocycles. The van der Waals surface area contributed by atoms with Crippen LogP contribution >= 0.6 is 0 Å². The molecule has 2 N–H and O–H groups in total. The first-order valence-corrected chi connectivity index (χ1v) is 7.68. The number of ether oxygens (including phenoxy) is 1. The summed E-state index contributed by atoms with van der Waals surface area (Å²) < 4.78 is 5.37. The zero-order valence-electron chi connectivity index (χ0n) is 13.0. The number of aromatic nitrogens is 1. The molecule has 6 nitrogen and oxygen atoms in total. The first-order valence-electron chi connectivity index (χ1n) is 7.68. The molecule has 2 aromatic rings. The topological polar surface area (TPSA) is 80.3 Å². The van der Waals surface area contributed by atoms with E-state index in [1.54, 1.807) is 13.2 Å². The van der Waals surface area contributed by atoms with Crippen molar-refractivity contribution in [1.82, 2.24) is 15.6 Å². The van der Waals surface area contributed by atoms with Crippen molar-refractivity contribution in [3.63, 3.8) is 0 Å². The molecular formula is C17H19N3O3. The number of rotatable bonds is 3. The van der Waals surface area contributed by atoms with Gasteiger partial charge in [0.25, 0.3) is 5.91 Å². The maximum Gasteiger partial charge on any atom is 0.270 e. The number of pyridine rings is 1. The Morgan fingerprint density at radius 1 is 1.35 bits per heavy atom. The van der Waals surface area contributed by atoms with Gasteiger partial charge in [-0.05, 0) is 25.0 Å². The molecule has 0 aliphatic carbocycles. The van der Waals surface area contributed by atoms with Crippen molar-refractivity contribution in [2.24, 2.45) is 0 Å².